The van der Waals surface area contributed by atoms with Gasteiger partial charge in [-0.15, -0.1) is 0 Å². The van der Waals surface area contributed by atoms with Crippen LogP contribution in [-0.2, 0) is 4.79 Å². The van der Waals surface area contributed by atoms with E-state index < -0.39 is 0 Å². The number of hydrogen-bond acceptors (Lipinski definition) is 5. The fourth-order valence-corrected chi connectivity index (χ4v) is 3.03. The first kappa shape index (κ1) is 15.3. The topological polar surface area (TPSA) is 72.1 Å². The molecular weight excluding hydrogens is 272 g/mol. The van der Waals surface area contributed by atoms with Crippen molar-refractivity contribution >= 4 is 17.7 Å². The summed E-state index contributed by atoms with van der Waals surface area (Å²) < 4.78 is 0. The Bertz CT molecular complexity index is 420. The van der Waals surface area contributed by atoms with Crippen molar-refractivity contribution in [2.75, 3.05) is 25.1 Å². The first-order valence-electron chi connectivity index (χ1n) is 7.01. The number of likely N-dealkylation sites (tertiary alicyclic amines) is 1. The molecule has 1 aliphatic heterocycles. The predicted octanol–water partition coefficient (Wildman–Crippen LogP) is 1.26. The first-order valence-corrected chi connectivity index (χ1v) is 8.41. The molecule has 0 spiro atoms. The highest BCUT2D eigenvalue weighted by atomic mass is 32.2. The Morgan fingerprint density at radius 3 is 2.90 bits per heavy atom. The van der Waals surface area contributed by atoms with Crippen molar-refractivity contribution in [3.05, 3.63) is 24.3 Å². The molecule has 1 fully saturated rings. The van der Waals surface area contributed by atoms with Gasteiger partial charge in [-0.2, -0.15) is 11.8 Å². The van der Waals surface area contributed by atoms with Crippen molar-refractivity contribution in [2.24, 2.45) is 5.73 Å². The van der Waals surface area contributed by atoms with E-state index in [1.807, 2.05) is 17.2 Å². The molecule has 2 heterocycles. The van der Waals surface area contributed by atoms with E-state index in [0.717, 1.165) is 43.8 Å². The summed E-state index contributed by atoms with van der Waals surface area (Å²) in [6.45, 7) is 1.56. The molecule has 0 saturated carbocycles. The molecule has 0 radical (unpaired) electrons. The number of carbonyl (C=O) groups is 1. The highest BCUT2D eigenvalue weighted by molar-refractivity contribution is 7.98. The number of nitrogens with two attached hydrogens (primary N) is 1. The van der Waals surface area contributed by atoms with Gasteiger partial charge in [-0.3, -0.25) is 4.79 Å². The summed E-state index contributed by atoms with van der Waals surface area (Å²) in [5.41, 5.74) is 7.04. The minimum Gasteiger partial charge on any atom is -0.341 e. The number of nitrogens with zero attached hydrogens (tertiary/aromatic N) is 3. The molecule has 0 bridgehead atoms. The Morgan fingerprint density at radius 2 is 2.30 bits per heavy atom. The van der Waals surface area contributed by atoms with E-state index in [4.69, 9.17) is 5.73 Å². The third-order valence-corrected chi connectivity index (χ3v) is 4.42. The summed E-state index contributed by atoms with van der Waals surface area (Å²) in [6.07, 6.45) is 8.07. The van der Waals surface area contributed by atoms with Gasteiger partial charge in [0, 0.05) is 30.9 Å². The fourth-order valence-electron chi connectivity index (χ4n) is 2.54. The molecule has 0 aromatic carbocycles. The van der Waals surface area contributed by atoms with Crippen LogP contribution in [-0.4, -0.2) is 51.9 Å². The van der Waals surface area contributed by atoms with E-state index in [0.29, 0.717) is 5.92 Å². The molecule has 20 heavy (non-hydrogen) atoms. The van der Waals surface area contributed by atoms with Gasteiger partial charge in [0.1, 0.15) is 6.33 Å². The van der Waals surface area contributed by atoms with Crippen molar-refractivity contribution in [1.29, 1.82) is 0 Å². The maximum Gasteiger partial charge on any atom is 0.239 e. The van der Waals surface area contributed by atoms with Crippen LogP contribution in [0.3, 0.4) is 0 Å². The summed E-state index contributed by atoms with van der Waals surface area (Å²) in [6, 6.07) is 1.62. The predicted molar refractivity (Wildman–Crippen MR) is 81.6 cm³/mol. The average Bonchev–Trinajstić information content (AvgIpc) is 2.53. The highest BCUT2D eigenvalue weighted by Gasteiger charge is 2.27. The molecule has 1 aromatic heterocycles. The van der Waals surface area contributed by atoms with Gasteiger partial charge in [-0.1, -0.05) is 0 Å². The second-order valence-electron chi connectivity index (χ2n) is 5.12. The quantitative estimate of drug-likeness (QED) is 0.885. The molecule has 2 rings (SSSR count). The van der Waals surface area contributed by atoms with E-state index >= 15 is 0 Å². The SMILES string of the molecule is CSCCC(N)C(=O)N1CCC(c2ccncn2)CC1. The zero-order chi connectivity index (χ0) is 14.4. The molecule has 5 nitrogen and oxygen atoms in total. The minimum atomic E-state index is -0.349. The molecule has 1 amide bonds. The Balaban J connectivity index is 1.83. The molecule has 1 saturated heterocycles. The van der Waals surface area contributed by atoms with Gasteiger partial charge in [0.15, 0.2) is 0 Å². The molecule has 2 N–H and O–H groups in total. The zero-order valence-corrected chi connectivity index (χ0v) is 12.7. The largest absolute Gasteiger partial charge is 0.341 e. The van der Waals surface area contributed by atoms with Crippen LogP contribution in [0.4, 0.5) is 0 Å². The molecule has 1 unspecified atom stereocenters. The normalized spacial score (nSPS) is 18.0. The van der Waals surface area contributed by atoms with Crippen LogP contribution < -0.4 is 5.73 Å². The van der Waals surface area contributed by atoms with Crippen LogP contribution in [0.2, 0.25) is 0 Å². The maximum absolute atomic E-state index is 12.2. The van der Waals surface area contributed by atoms with E-state index in [1.165, 1.54) is 0 Å². The molecule has 1 atom stereocenters. The second kappa shape index (κ2) is 7.59. The van der Waals surface area contributed by atoms with Crippen LogP contribution in [0.25, 0.3) is 0 Å². The van der Waals surface area contributed by atoms with E-state index in [-0.39, 0.29) is 11.9 Å². The van der Waals surface area contributed by atoms with Crippen LogP contribution in [0, 0.1) is 0 Å². The number of rotatable bonds is 5. The average molecular weight is 294 g/mol. The molecule has 1 aromatic rings. The van der Waals surface area contributed by atoms with Crippen LogP contribution >= 0.6 is 11.8 Å². The van der Waals surface area contributed by atoms with Crippen molar-refractivity contribution in [3.8, 4) is 0 Å². The summed E-state index contributed by atoms with van der Waals surface area (Å²) in [5.74, 6) is 1.47. The summed E-state index contributed by atoms with van der Waals surface area (Å²) >= 11 is 1.73. The fraction of sp³-hybridized carbons (Fsp3) is 0.643. The Kier molecular flexibility index (Phi) is 5.79. The molecular formula is C14H22N4OS. The van der Waals surface area contributed by atoms with Gasteiger partial charge >= 0.3 is 0 Å². The third-order valence-electron chi connectivity index (χ3n) is 3.78. The summed E-state index contributed by atoms with van der Waals surface area (Å²) in [7, 11) is 0. The van der Waals surface area contributed by atoms with Gasteiger partial charge < -0.3 is 10.6 Å². The number of carbonyl (C=O) groups excluding carboxylic acids is 1. The smallest absolute Gasteiger partial charge is 0.239 e. The van der Waals surface area contributed by atoms with E-state index in [2.05, 4.69) is 9.97 Å². The number of thioether (sulfide) groups is 1. The standard InChI is InChI=1S/C14H22N4OS/c1-20-9-5-12(15)14(19)18-7-3-11(4-8-18)13-2-6-16-10-17-13/h2,6,10-12H,3-5,7-9,15H2,1H3. The van der Waals surface area contributed by atoms with Gasteiger partial charge in [0.2, 0.25) is 5.91 Å². The molecule has 0 aliphatic carbocycles. The minimum absolute atomic E-state index is 0.0974. The lowest BCUT2D eigenvalue weighted by Crippen LogP contribution is -2.47. The van der Waals surface area contributed by atoms with Crippen molar-refractivity contribution < 1.29 is 4.79 Å². The van der Waals surface area contributed by atoms with Gasteiger partial charge in [-0.25, -0.2) is 9.97 Å². The van der Waals surface area contributed by atoms with Crippen molar-refractivity contribution in [2.45, 2.75) is 31.2 Å². The lowest BCUT2D eigenvalue weighted by molar-refractivity contribution is -0.133. The number of piperidine rings is 1. The molecule has 6 heteroatoms. The van der Waals surface area contributed by atoms with Crippen LogP contribution in [0.5, 0.6) is 0 Å². The Labute approximate surface area is 124 Å². The lowest BCUT2D eigenvalue weighted by Gasteiger charge is -2.33. The monoisotopic (exact) mass is 294 g/mol. The Hall–Kier alpha value is -1.14. The number of amides is 1. The van der Waals surface area contributed by atoms with Crippen molar-refractivity contribution in [1.82, 2.24) is 14.9 Å². The first-order chi connectivity index (χ1) is 9.72. The van der Waals surface area contributed by atoms with Gasteiger partial charge in [0.25, 0.3) is 0 Å². The summed E-state index contributed by atoms with van der Waals surface area (Å²) in [5, 5.41) is 0. The lowest BCUT2D eigenvalue weighted by atomic mass is 9.93. The Morgan fingerprint density at radius 1 is 1.55 bits per heavy atom. The second-order valence-corrected chi connectivity index (χ2v) is 6.11. The number of hydrogen-bond donors (Lipinski definition) is 1. The molecule has 1 aliphatic rings. The van der Waals surface area contributed by atoms with Crippen LogP contribution in [0.15, 0.2) is 18.6 Å². The van der Waals surface area contributed by atoms with E-state index in [1.54, 1.807) is 24.3 Å². The maximum atomic E-state index is 12.2. The number of aromatic nitrogens is 2. The zero-order valence-electron chi connectivity index (χ0n) is 11.9. The van der Waals surface area contributed by atoms with Crippen LogP contribution in [0.1, 0.15) is 30.9 Å². The van der Waals surface area contributed by atoms with Gasteiger partial charge in [-0.05, 0) is 37.3 Å². The molecule has 110 valence electrons. The highest BCUT2D eigenvalue weighted by Crippen LogP contribution is 2.26. The van der Waals surface area contributed by atoms with Gasteiger partial charge in [0.05, 0.1) is 6.04 Å². The summed E-state index contributed by atoms with van der Waals surface area (Å²) in [4.78, 5) is 22.4. The van der Waals surface area contributed by atoms with E-state index in [9.17, 15) is 4.79 Å². The van der Waals surface area contributed by atoms with Crippen molar-refractivity contribution in [3.63, 3.8) is 0 Å². The third kappa shape index (κ3) is 3.93.